The molecular formula is C18H27N3O3. The molecule has 0 aromatic heterocycles. The van der Waals surface area contributed by atoms with E-state index in [0.29, 0.717) is 12.1 Å². The molecule has 0 aliphatic carbocycles. The van der Waals surface area contributed by atoms with Crippen LogP contribution < -0.4 is 16.0 Å². The molecular weight excluding hydrogens is 306 g/mol. The molecule has 3 N–H and O–H groups in total. The molecule has 6 heteroatoms. The highest BCUT2D eigenvalue weighted by atomic mass is 16.5. The fraction of sp³-hybridized carbons (Fsp3) is 0.556. The fourth-order valence-corrected chi connectivity index (χ4v) is 2.46. The molecule has 1 aromatic carbocycles. The van der Waals surface area contributed by atoms with Gasteiger partial charge >= 0.3 is 0 Å². The molecule has 2 amide bonds. The number of hydrogen-bond acceptors (Lipinski definition) is 4. The third-order valence-corrected chi connectivity index (χ3v) is 3.62. The van der Waals surface area contributed by atoms with Gasteiger partial charge in [0, 0.05) is 29.9 Å². The Morgan fingerprint density at radius 1 is 1.29 bits per heavy atom. The molecule has 1 aromatic rings. The second-order valence-corrected chi connectivity index (χ2v) is 7.08. The summed E-state index contributed by atoms with van der Waals surface area (Å²) in [6, 6.07) is 7.13. The Labute approximate surface area is 143 Å². The molecule has 6 nitrogen and oxygen atoms in total. The van der Waals surface area contributed by atoms with Crippen LogP contribution in [-0.2, 0) is 9.53 Å². The van der Waals surface area contributed by atoms with E-state index in [0.717, 1.165) is 25.1 Å². The van der Waals surface area contributed by atoms with Gasteiger partial charge in [0.1, 0.15) is 0 Å². The van der Waals surface area contributed by atoms with Crippen LogP contribution in [0.5, 0.6) is 0 Å². The van der Waals surface area contributed by atoms with E-state index < -0.39 is 0 Å². The average Bonchev–Trinajstić information content (AvgIpc) is 3.03. The minimum absolute atomic E-state index is 0.0879. The Morgan fingerprint density at radius 3 is 2.75 bits per heavy atom. The van der Waals surface area contributed by atoms with Crippen LogP contribution in [0.25, 0.3) is 0 Å². The van der Waals surface area contributed by atoms with Gasteiger partial charge in [0.25, 0.3) is 5.91 Å². The lowest BCUT2D eigenvalue weighted by Gasteiger charge is -2.20. The van der Waals surface area contributed by atoms with Crippen molar-refractivity contribution in [1.29, 1.82) is 0 Å². The molecule has 1 heterocycles. The van der Waals surface area contributed by atoms with Gasteiger partial charge < -0.3 is 20.7 Å². The quantitative estimate of drug-likeness (QED) is 0.743. The van der Waals surface area contributed by atoms with Crippen LogP contribution in [0.15, 0.2) is 24.3 Å². The molecule has 1 fully saturated rings. The SMILES string of the molecule is CC(C)(C)NC(=O)c1cccc(NCC(=O)NCC2CCCO2)c1. The van der Waals surface area contributed by atoms with Gasteiger partial charge in [-0.05, 0) is 51.8 Å². The normalized spacial score (nSPS) is 17.4. The summed E-state index contributed by atoms with van der Waals surface area (Å²) in [5.74, 6) is -0.218. The highest BCUT2D eigenvalue weighted by molar-refractivity contribution is 5.95. The predicted octanol–water partition coefficient (Wildman–Crippen LogP) is 1.92. The molecule has 0 spiro atoms. The minimum Gasteiger partial charge on any atom is -0.376 e. The lowest BCUT2D eigenvalue weighted by atomic mass is 10.1. The van der Waals surface area contributed by atoms with Crippen molar-refractivity contribution >= 4 is 17.5 Å². The molecule has 1 aliphatic heterocycles. The van der Waals surface area contributed by atoms with Crippen LogP contribution in [0.3, 0.4) is 0 Å². The number of ether oxygens (including phenoxy) is 1. The van der Waals surface area contributed by atoms with Crippen LogP contribution in [-0.4, -0.2) is 43.2 Å². The zero-order chi connectivity index (χ0) is 17.6. The smallest absolute Gasteiger partial charge is 0.251 e. The largest absolute Gasteiger partial charge is 0.376 e. The maximum absolute atomic E-state index is 12.2. The Kier molecular flexibility index (Phi) is 6.20. The average molecular weight is 333 g/mol. The van der Waals surface area contributed by atoms with E-state index in [1.165, 1.54) is 0 Å². The Bertz CT molecular complexity index is 575. The van der Waals surface area contributed by atoms with Crippen molar-refractivity contribution in [3.63, 3.8) is 0 Å². The van der Waals surface area contributed by atoms with Gasteiger partial charge in [0.15, 0.2) is 0 Å². The molecule has 1 unspecified atom stereocenters. The minimum atomic E-state index is -0.289. The van der Waals surface area contributed by atoms with E-state index >= 15 is 0 Å². The van der Waals surface area contributed by atoms with Crippen molar-refractivity contribution in [3.05, 3.63) is 29.8 Å². The van der Waals surface area contributed by atoms with Gasteiger partial charge in [0.2, 0.25) is 5.91 Å². The number of rotatable bonds is 6. The van der Waals surface area contributed by atoms with Crippen molar-refractivity contribution in [1.82, 2.24) is 10.6 Å². The third-order valence-electron chi connectivity index (χ3n) is 3.62. The molecule has 24 heavy (non-hydrogen) atoms. The first-order chi connectivity index (χ1) is 11.3. The summed E-state index contributed by atoms with van der Waals surface area (Å²) in [6.07, 6.45) is 2.19. The highest BCUT2D eigenvalue weighted by Gasteiger charge is 2.17. The van der Waals surface area contributed by atoms with Crippen molar-refractivity contribution in [2.75, 3.05) is 25.0 Å². The third kappa shape index (κ3) is 6.20. The van der Waals surface area contributed by atoms with E-state index in [-0.39, 0.29) is 30.0 Å². The number of nitrogens with one attached hydrogen (secondary N) is 3. The van der Waals surface area contributed by atoms with Gasteiger partial charge in [-0.2, -0.15) is 0 Å². The van der Waals surface area contributed by atoms with Crippen molar-refractivity contribution < 1.29 is 14.3 Å². The van der Waals surface area contributed by atoms with E-state index in [1.807, 2.05) is 26.8 Å². The van der Waals surface area contributed by atoms with Crippen LogP contribution in [0, 0.1) is 0 Å². The van der Waals surface area contributed by atoms with Gasteiger partial charge in [-0.1, -0.05) is 6.07 Å². The molecule has 132 valence electrons. The Balaban J connectivity index is 1.80. The van der Waals surface area contributed by atoms with E-state index in [4.69, 9.17) is 4.74 Å². The summed E-state index contributed by atoms with van der Waals surface area (Å²) >= 11 is 0. The zero-order valence-corrected chi connectivity index (χ0v) is 14.6. The maximum Gasteiger partial charge on any atom is 0.251 e. The standard InChI is InChI=1S/C18H27N3O3/c1-18(2,3)21-17(23)13-6-4-7-14(10-13)19-12-16(22)20-11-15-8-5-9-24-15/h4,6-7,10,15,19H,5,8-9,11-12H2,1-3H3,(H,20,22)(H,21,23). The second kappa shape index (κ2) is 8.15. The Morgan fingerprint density at radius 2 is 2.08 bits per heavy atom. The number of carbonyl (C=O) groups excluding carboxylic acids is 2. The van der Waals surface area contributed by atoms with Crippen molar-refractivity contribution in [2.45, 2.75) is 45.3 Å². The number of benzene rings is 1. The summed E-state index contributed by atoms with van der Waals surface area (Å²) < 4.78 is 5.47. The molecule has 1 saturated heterocycles. The summed E-state index contributed by atoms with van der Waals surface area (Å²) in [4.78, 5) is 24.0. The second-order valence-electron chi connectivity index (χ2n) is 7.08. The monoisotopic (exact) mass is 333 g/mol. The van der Waals surface area contributed by atoms with Crippen LogP contribution in [0.1, 0.15) is 44.0 Å². The van der Waals surface area contributed by atoms with Gasteiger partial charge in [-0.3, -0.25) is 9.59 Å². The van der Waals surface area contributed by atoms with Crippen LogP contribution >= 0.6 is 0 Å². The van der Waals surface area contributed by atoms with Crippen LogP contribution in [0.2, 0.25) is 0 Å². The van der Waals surface area contributed by atoms with E-state index in [2.05, 4.69) is 16.0 Å². The summed E-state index contributed by atoms with van der Waals surface area (Å²) in [5, 5.41) is 8.82. The van der Waals surface area contributed by atoms with Crippen molar-refractivity contribution in [2.24, 2.45) is 0 Å². The van der Waals surface area contributed by atoms with Crippen molar-refractivity contribution in [3.8, 4) is 0 Å². The number of anilines is 1. The van der Waals surface area contributed by atoms with Gasteiger partial charge in [-0.25, -0.2) is 0 Å². The predicted molar refractivity (Wildman–Crippen MR) is 94.1 cm³/mol. The highest BCUT2D eigenvalue weighted by Crippen LogP contribution is 2.12. The number of amides is 2. The van der Waals surface area contributed by atoms with Crippen LogP contribution in [0.4, 0.5) is 5.69 Å². The summed E-state index contributed by atoms with van der Waals surface area (Å²) in [6.45, 7) is 7.30. The zero-order valence-electron chi connectivity index (χ0n) is 14.6. The molecule has 0 radical (unpaired) electrons. The summed E-state index contributed by atoms with van der Waals surface area (Å²) in [5.41, 5.74) is 1.02. The van der Waals surface area contributed by atoms with Gasteiger partial charge in [-0.15, -0.1) is 0 Å². The maximum atomic E-state index is 12.2. The number of hydrogen-bond donors (Lipinski definition) is 3. The number of carbonyl (C=O) groups is 2. The lowest BCUT2D eigenvalue weighted by molar-refractivity contribution is -0.119. The topological polar surface area (TPSA) is 79.5 Å². The first-order valence-corrected chi connectivity index (χ1v) is 8.38. The first kappa shape index (κ1) is 18.3. The van der Waals surface area contributed by atoms with E-state index in [9.17, 15) is 9.59 Å². The molecule has 0 saturated carbocycles. The first-order valence-electron chi connectivity index (χ1n) is 8.38. The molecule has 1 atom stereocenters. The Hall–Kier alpha value is -2.08. The van der Waals surface area contributed by atoms with E-state index in [1.54, 1.807) is 18.2 Å². The molecule has 1 aliphatic rings. The lowest BCUT2D eigenvalue weighted by Crippen LogP contribution is -2.40. The molecule has 0 bridgehead atoms. The fourth-order valence-electron chi connectivity index (χ4n) is 2.46. The molecule has 2 rings (SSSR count). The summed E-state index contributed by atoms with van der Waals surface area (Å²) in [7, 11) is 0. The van der Waals surface area contributed by atoms with Gasteiger partial charge in [0.05, 0.1) is 12.6 Å².